The fourth-order valence-electron chi connectivity index (χ4n) is 3.26. The van der Waals surface area contributed by atoms with Crippen LogP contribution in [-0.4, -0.2) is 41.2 Å². The highest BCUT2D eigenvalue weighted by molar-refractivity contribution is 6.30. The van der Waals surface area contributed by atoms with Crippen LogP contribution in [0.1, 0.15) is 29.8 Å². The second-order valence-corrected chi connectivity index (χ2v) is 6.85. The maximum absolute atomic E-state index is 11.9. The Kier molecular flexibility index (Phi) is 5.56. The monoisotopic (exact) mass is 358 g/mol. The Morgan fingerprint density at radius 1 is 1.24 bits per heavy atom. The van der Waals surface area contributed by atoms with Crippen LogP contribution < -0.4 is 5.43 Å². The molecule has 0 bridgehead atoms. The second kappa shape index (κ2) is 7.85. The number of aryl methyl sites for hydroxylation is 1. The zero-order chi connectivity index (χ0) is 17.8. The number of carbonyl (C=O) groups excluding carboxylic acids is 1. The van der Waals surface area contributed by atoms with Crippen molar-refractivity contribution in [2.24, 2.45) is 5.10 Å². The highest BCUT2D eigenvalue weighted by Gasteiger charge is 2.14. The summed E-state index contributed by atoms with van der Waals surface area (Å²) in [5.41, 5.74) is 6.83. The number of carbonyl (C=O) groups is 1. The maximum Gasteiger partial charge on any atom is 0.254 e. The van der Waals surface area contributed by atoms with Gasteiger partial charge < -0.3 is 4.57 Å². The van der Waals surface area contributed by atoms with Gasteiger partial charge in [-0.15, -0.1) is 0 Å². The zero-order valence-corrected chi connectivity index (χ0v) is 15.4. The summed E-state index contributed by atoms with van der Waals surface area (Å²) in [6, 6.07) is 9.78. The molecule has 1 aliphatic rings. The van der Waals surface area contributed by atoms with Crippen LogP contribution >= 0.6 is 11.6 Å². The molecular weight excluding hydrogens is 336 g/mol. The van der Waals surface area contributed by atoms with Crippen molar-refractivity contribution < 1.29 is 4.79 Å². The second-order valence-electron chi connectivity index (χ2n) is 6.41. The van der Waals surface area contributed by atoms with Crippen molar-refractivity contribution in [2.75, 3.05) is 19.6 Å². The van der Waals surface area contributed by atoms with E-state index in [4.69, 9.17) is 11.6 Å². The normalized spacial score (nSPS) is 15.2. The molecule has 25 heavy (non-hydrogen) atoms. The van der Waals surface area contributed by atoms with Gasteiger partial charge in [-0.2, -0.15) is 5.10 Å². The molecule has 1 aliphatic heterocycles. The zero-order valence-electron chi connectivity index (χ0n) is 14.6. The predicted octanol–water partition coefficient (Wildman–Crippen LogP) is 3.29. The largest absolute Gasteiger partial charge is 0.318 e. The van der Waals surface area contributed by atoms with Crippen molar-refractivity contribution in [3.8, 4) is 5.69 Å². The molecule has 0 atom stereocenters. The van der Waals surface area contributed by atoms with Crippen molar-refractivity contribution in [3.05, 3.63) is 52.3 Å². The van der Waals surface area contributed by atoms with Crippen LogP contribution in [0.5, 0.6) is 0 Å². The molecule has 1 fully saturated rings. The predicted molar refractivity (Wildman–Crippen MR) is 102 cm³/mol. The summed E-state index contributed by atoms with van der Waals surface area (Å²) in [6.45, 7) is 6.50. The molecule has 0 unspecified atom stereocenters. The van der Waals surface area contributed by atoms with E-state index >= 15 is 0 Å². The van der Waals surface area contributed by atoms with Gasteiger partial charge >= 0.3 is 0 Å². The van der Waals surface area contributed by atoms with Gasteiger partial charge in [0.1, 0.15) is 0 Å². The number of likely N-dealkylation sites (tertiary alicyclic amines) is 1. The minimum absolute atomic E-state index is 0.0651. The number of benzene rings is 1. The molecule has 3 rings (SSSR count). The van der Waals surface area contributed by atoms with Crippen molar-refractivity contribution in [2.45, 2.75) is 26.7 Å². The Morgan fingerprint density at radius 3 is 2.60 bits per heavy atom. The van der Waals surface area contributed by atoms with E-state index in [9.17, 15) is 4.79 Å². The summed E-state index contributed by atoms with van der Waals surface area (Å²) in [5, 5.41) is 4.84. The van der Waals surface area contributed by atoms with Crippen LogP contribution in [0.25, 0.3) is 5.69 Å². The van der Waals surface area contributed by atoms with Crippen molar-refractivity contribution in [3.63, 3.8) is 0 Å². The summed E-state index contributed by atoms with van der Waals surface area (Å²) in [4.78, 5) is 14.1. The number of hydrogen-bond acceptors (Lipinski definition) is 3. The first-order valence-electron chi connectivity index (χ1n) is 8.54. The highest BCUT2D eigenvalue weighted by Crippen LogP contribution is 2.21. The van der Waals surface area contributed by atoms with Gasteiger partial charge in [-0.25, -0.2) is 5.43 Å². The van der Waals surface area contributed by atoms with E-state index in [0.29, 0.717) is 11.6 Å². The fraction of sp³-hybridized carbons (Fsp3) is 0.368. The third kappa shape index (κ3) is 4.30. The van der Waals surface area contributed by atoms with Crippen LogP contribution in [0.15, 0.2) is 35.4 Å². The third-order valence-electron chi connectivity index (χ3n) is 4.51. The first-order valence-corrected chi connectivity index (χ1v) is 8.91. The lowest BCUT2D eigenvalue weighted by Gasteiger charge is -2.12. The van der Waals surface area contributed by atoms with Gasteiger partial charge in [-0.1, -0.05) is 11.6 Å². The van der Waals surface area contributed by atoms with E-state index in [1.54, 1.807) is 6.21 Å². The highest BCUT2D eigenvalue weighted by atomic mass is 35.5. The van der Waals surface area contributed by atoms with Gasteiger partial charge in [0.05, 0.1) is 12.8 Å². The van der Waals surface area contributed by atoms with Crippen molar-refractivity contribution in [1.29, 1.82) is 0 Å². The lowest BCUT2D eigenvalue weighted by molar-refractivity contribution is -0.121. The molecule has 1 N–H and O–H groups in total. The summed E-state index contributed by atoms with van der Waals surface area (Å²) >= 11 is 5.97. The molecule has 2 aromatic rings. The van der Waals surface area contributed by atoms with Crippen LogP contribution in [-0.2, 0) is 4.79 Å². The van der Waals surface area contributed by atoms with Gasteiger partial charge in [0, 0.05) is 27.7 Å². The molecule has 2 heterocycles. The summed E-state index contributed by atoms with van der Waals surface area (Å²) in [7, 11) is 0. The number of nitrogens with zero attached hydrogens (tertiary/aromatic N) is 3. The minimum Gasteiger partial charge on any atom is -0.318 e. The first kappa shape index (κ1) is 17.7. The van der Waals surface area contributed by atoms with Gasteiger partial charge in [-0.3, -0.25) is 9.69 Å². The van der Waals surface area contributed by atoms with E-state index < -0.39 is 0 Å². The molecule has 6 heteroatoms. The SMILES string of the molecule is Cc1cc(C=NNC(=O)CN2CCCC2)c(C)n1-c1ccc(Cl)cc1. The minimum atomic E-state index is -0.0651. The lowest BCUT2D eigenvalue weighted by Crippen LogP contribution is -2.33. The van der Waals surface area contributed by atoms with E-state index in [1.165, 1.54) is 12.8 Å². The van der Waals surface area contributed by atoms with Crippen molar-refractivity contribution in [1.82, 2.24) is 14.9 Å². The Balaban J connectivity index is 1.67. The number of nitrogens with one attached hydrogen (secondary N) is 1. The average molecular weight is 359 g/mol. The molecule has 5 nitrogen and oxygen atoms in total. The molecule has 1 saturated heterocycles. The molecular formula is C19H23ClN4O. The number of amides is 1. The first-order chi connectivity index (χ1) is 12.0. The van der Waals surface area contributed by atoms with E-state index in [1.807, 2.05) is 38.1 Å². The number of hydrazone groups is 1. The van der Waals surface area contributed by atoms with E-state index in [-0.39, 0.29) is 5.91 Å². The molecule has 1 aromatic carbocycles. The molecule has 0 radical (unpaired) electrons. The Morgan fingerprint density at radius 2 is 1.92 bits per heavy atom. The van der Waals surface area contributed by atoms with Crippen LogP contribution in [0.2, 0.25) is 5.02 Å². The average Bonchev–Trinajstić information content (AvgIpc) is 3.17. The summed E-state index contributed by atoms with van der Waals surface area (Å²) in [5.74, 6) is -0.0651. The Bertz CT molecular complexity index is 773. The quantitative estimate of drug-likeness (QED) is 0.658. The molecule has 0 spiro atoms. The van der Waals surface area contributed by atoms with Gasteiger partial charge in [0.15, 0.2) is 0 Å². The molecule has 1 aromatic heterocycles. The Hall–Kier alpha value is -2.11. The van der Waals surface area contributed by atoms with Crippen LogP contribution in [0.4, 0.5) is 0 Å². The van der Waals surface area contributed by atoms with Crippen LogP contribution in [0.3, 0.4) is 0 Å². The fourth-order valence-corrected chi connectivity index (χ4v) is 3.38. The van der Waals surface area contributed by atoms with Gasteiger partial charge in [0.2, 0.25) is 0 Å². The van der Waals surface area contributed by atoms with Crippen molar-refractivity contribution >= 4 is 23.7 Å². The molecule has 0 saturated carbocycles. The number of rotatable bonds is 5. The topological polar surface area (TPSA) is 49.6 Å². The summed E-state index contributed by atoms with van der Waals surface area (Å²) in [6.07, 6.45) is 4.05. The molecule has 1 amide bonds. The molecule has 132 valence electrons. The lowest BCUT2D eigenvalue weighted by atomic mass is 10.2. The number of aromatic nitrogens is 1. The standard InChI is InChI=1S/C19H23ClN4O/c1-14-11-16(12-21-22-19(25)13-23-9-3-4-10-23)15(2)24(14)18-7-5-17(20)6-8-18/h5-8,11-12H,3-4,9-10,13H2,1-2H3,(H,22,25). The maximum atomic E-state index is 11.9. The third-order valence-corrected chi connectivity index (χ3v) is 4.77. The number of halogens is 1. The van der Waals surface area contributed by atoms with E-state index in [2.05, 4.69) is 26.1 Å². The smallest absolute Gasteiger partial charge is 0.254 e. The molecule has 0 aliphatic carbocycles. The van der Waals surface area contributed by atoms with Gasteiger partial charge in [0.25, 0.3) is 5.91 Å². The number of hydrogen-bond donors (Lipinski definition) is 1. The Labute approximate surface area is 153 Å². The van der Waals surface area contributed by atoms with E-state index in [0.717, 1.165) is 35.7 Å². The van der Waals surface area contributed by atoms with Gasteiger partial charge in [-0.05, 0) is 70.1 Å². The van der Waals surface area contributed by atoms with Crippen LogP contribution in [0, 0.1) is 13.8 Å². The summed E-state index contributed by atoms with van der Waals surface area (Å²) < 4.78 is 2.14.